The molecule has 7 nitrogen and oxygen atoms in total. The molecule has 1 fully saturated rings. The molecule has 8 heteroatoms. The van der Waals surface area contributed by atoms with Crippen LogP contribution in [0, 0.1) is 6.92 Å². The van der Waals surface area contributed by atoms with E-state index < -0.39 is 17.7 Å². The number of likely N-dealkylation sites (N-methyl/N-ethyl adjacent to an activating group) is 1. The van der Waals surface area contributed by atoms with Crippen LogP contribution in [0.5, 0.6) is 5.75 Å². The minimum atomic E-state index is -0.677. The second-order valence-electron chi connectivity index (χ2n) is 7.41. The first-order valence-corrected chi connectivity index (χ1v) is 10.6. The average Bonchev–Trinajstić information content (AvgIpc) is 3.27. The molecule has 1 aromatic carbocycles. The summed E-state index contributed by atoms with van der Waals surface area (Å²) < 4.78 is 10.8. The van der Waals surface area contributed by atoms with Crippen LogP contribution in [0.4, 0.5) is 5.69 Å². The Balaban J connectivity index is 1.84. The number of amides is 1. The zero-order valence-corrected chi connectivity index (χ0v) is 18.0. The lowest BCUT2D eigenvalue weighted by molar-refractivity contribution is -0.140. The van der Waals surface area contributed by atoms with Gasteiger partial charge in [-0.05, 0) is 42.1 Å². The number of ketones is 1. The Kier molecular flexibility index (Phi) is 5.53. The number of nitrogens with zero attached hydrogens (tertiary/aromatic N) is 2. The van der Waals surface area contributed by atoms with Gasteiger partial charge in [-0.15, -0.1) is 11.3 Å². The Morgan fingerprint density at radius 1 is 1.33 bits per heavy atom. The highest BCUT2D eigenvalue weighted by atomic mass is 32.1. The number of aliphatic hydroxyl groups excluding tert-OH is 1. The number of methoxy groups -OCH3 is 1. The first-order valence-electron chi connectivity index (χ1n) is 9.73. The van der Waals surface area contributed by atoms with Crippen molar-refractivity contribution in [2.45, 2.75) is 13.0 Å². The highest BCUT2D eigenvalue weighted by Crippen LogP contribution is 2.43. The van der Waals surface area contributed by atoms with Gasteiger partial charge in [0.1, 0.15) is 18.1 Å². The van der Waals surface area contributed by atoms with E-state index in [4.69, 9.17) is 9.47 Å². The minimum absolute atomic E-state index is 0.112. The molecule has 1 N–H and O–H groups in total. The number of carbonyl (C=O) groups is 2. The van der Waals surface area contributed by atoms with E-state index in [9.17, 15) is 14.7 Å². The summed E-state index contributed by atoms with van der Waals surface area (Å²) in [4.78, 5) is 30.2. The van der Waals surface area contributed by atoms with Crippen LogP contribution in [0.3, 0.4) is 0 Å². The molecule has 3 heterocycles. The number of hydrogen-bond acceptors (Lipinski definition) is 7. The predicted octanol–water partition coefficient (Wildman–Crippen LogP) is 2.95. The Morgan fingerprint density at radius 3 is 2.83 bits per heavy atom. The Labute approximate surface area is 179 Å². The minimum Gasteiger partial charge on any atom is -0.507 e. The SMILES string of the molecule is COCCN1C(=O)C(=O)/C(=C(\O)c2ccc3c(c2)N(C)CCO3)C1c1sccc1C. The van der Waals surface area contributed by atoms with Crippen LogP contribution >= 0.6 is 11.3 Å². The molecule has 1 atom stereocenters. The lowest BCUT2D eigenvalue weighted by atomic mass is 9.98. The van der Waals surface area contributed by atoms with Crippen molar-refractivity contribution in [3.63, 3.8) is 0 Å². The Bertz CT molecular complexity index is 1030. The molecule has 158 valence electrons. The number of fused-ring (bicyclic) bond motifs is 1. The number of ether oxygens (including phenoxy) is 2. The van der Waals surface area contributed by atoms with Crippen molar-refractivity contribution in [3.05, 3.63) is 51.2 Å². The molecule has 1 aromatic heterocycles. The summed E-state index contributed by atoms with van der Waals surface area (Å²) in [5.74, 6) is -0.743. The fourth-order valence-corrected chi connectivity index (χ4v) is 4.94. The number of rotatable bonds is 5. The van der Waals surface area contributed by atoms with E-state index in [0.717, 1.165) is 28.4 Å². The number of benzene rings is 1. The van der Waals surface area contributed by atoms with Crippen LogP contribution < -0.4 is 9.64 Å². The van der Waals surface area contributed by atoms with Crippen molar-refractivity contribution in [3.8, 4) is 5.75 Å². The molecule has 0 aliphatic carbocycles. The second kappa shape index (κ2) is 8.12. The van der Waals surface area contributed by atoms with Gasteiger partial charge in [0, 0.05) is 31.1 Å². The topological polar surface area (TPSA) is 79.3 Å². The largest absolute Gasteiger partial charge is 0.507 e. The van der Waals surface area contributed by atoms with Gasteiger partial charge in [-0.2, -0.15) is 0 Å². The predicted molar refractivity (Wildman–Crippen MR) is 115 cm³/mol. The molecule has 1 unspecified atom stereocenters. The molecule has 4 rings (SSSR count). The van der Waals surface area contributed by atoms with Gasteiger partial charge in [0.05, 0.1) is 30.5 Å². The number of aryl methyl sites for hydroxylation is 1. The highest BCUT2D eigenvalue weighted by Gasteiger charge is 2.46. The fourth-order valence-electron chi connectivity index (χ4n) is 3.89. The maximum Gasteiger partial charge on any atom is 0.295 e. The number of likely N-dealkylation sites (tertiary alicyclic amines) is 1. The molecule has 0 saturated carbocycles. The maximum atomic E-state index is 13.0. The Morgan fingerprint density at radius 2 is 2.13 bits per heavy atom. The van der Waals surface area contributed by atoms with E-state index in [1.807, 2.05) is 30.3 Å². The summed E-state index contributed by atoms with van der Waals surface area (Å²) in [6.45, 7) is 3.83. The number of hydrogen-bond donors (Lipinski definition) is 1. The van der Waals surface area contributed by atoms with Crippen LogP contribution in [0.25, 0.3) is 5.76 Å². The van der Waals surface area contributed by atoms with Crippen molar-refractivity contribution < 1.29 is 24.2 Å². The van der Waals surface area contributed by atoms with Crippen LogP contribution in [-0.4, -0.2) is 62.2 Å². The zero-order chi connectivity index (χ0) is 21.4. The van der Waals surface area contributed by atoms with E-state index in [2.05, 4.69) is 0 Å². The number of anilines is 1. The van der Waals surface area contributed by atoms with Crippen LogP contribution in [-0.2, 0) is 14.3 Å². The molecular weight excluding hydrogens is 404 g/mol. The molecule has 1 saturated heterocycles. The van der Waals surface area contributed by atoms with E-state index in [1.165, 1.54) is 16.2 Å². The van der Waals surface area contributed by atoms with Gasteiger partial charge in [0.15, 0.2) is 0 Å². The number of carbonyl (C=O) groups excluding carboxylic acids is 2. The van der Waals surface area contributed by atoms with Crippen LogP contribution in [0.2, 0.25) is 0 Å². The number of thiophene rings is 1. The summed E-state index contributed by atoms with van der Waals surface area (Å²) in [6.07, 6.45) is 0. The Hall–Kier alpha value is -2.84. The quantitative estimate of drug-likeness (QED) is 0.448. The molecule has 0 radical (unpaired) electrons. The third kappa shape index (κ3) is 3.36. The van der Waals surface area contributed by atoms with Gasteiger partial charge in [-0.3, -0.25) is 9.59 Å². The second-order valence-corrected chi connectivity index (χ2v) is 8.35. The molecule has 2 aliphatic rings. The highest BCUT2D eigenvalue weighted by molar-refractivity contribution is 7.10. The normalized spacial score (nSPS) is 20.4. The zero-order valence-electron chi connectivity index (χ0n) is 17.2. The van der Waals surface area contributed by atoms with Crippen molar-refractivity contribution in [2.75, 3.05) is 45.4 Å². The summed E-state index contributed by atoms with van der Waals surface area (Å²) >= 11 is 1.47. The lowest BCUT2D eigenvalue weighted by Crippen LogP contribution is -2.32. The van der Waals surface area contributed by atoms with Gasteiger partial charge in [-0.25, -0.2) is 0 Å². The summed E-state index contributed by atoms with van der Waals surface area (Å²) in [7, 11) is 3.50. The number of Topliss-reactive ketones (excluding diaryl/α,β-unsaturated/α-hetero) is 1. The van der Waals surface area contributed by atoms with E-state index >= 15 is 0 Å². The van der Waals surface area contributed by atoms with Gasteiger partial charge in [0.2, 0.25) is 0 Å². The van der Waals surface area contributed by atoms with E-state index in [-0.39, 0.29) is 17.9 Å². The molecule has 0 spiro atoms. The third-order valence-electron chi connectivity index (χ3n) is 5.55. The number of aliphatic hydroxyl groups is 1. The first-order chi connectivity index (χ1) is 14.4. The van der Waals surface area contributed by atoms with Crippen molar-refractivity contribution in [1.29, 1.82) is 0 Å². The van der Waals surface area contributed by atoms with Gasteiger partial charge >= 0.3 is 0 Å². The monoisotopic (exact) mass is 428 g/mol. The van der Waals surface area contributed by atoms with Crippen molar-refractivity contribution >= 4 is 34.5 Å². The molecule has 1 amide bonds. The molecular formula is C22H24N2O5S. The van der Waals surface area contributed by atoms with Crippen molar-refractivity contribution in [1.82, 2.24) is 4.90 Å². The molecule has 30 heavy (non-hydrogen) atoms. The summed E-state index contributed by atoms with van der Waals surface area (Å²) in [5.41, 5.74) is 2.40. The fraction of sp³-hybridized carbons (Fsp3) is 0.364. The summed E-state index contributed by atoms with van der Waals surface area (Å²) in [6, 6.07) is 6.61. The van der Waals surface area contributed by atoms with Gasteiger partial charge in [0.25, 0.3) is 11.7 Å². The molecule has 0 bridgehead atoms. The first kappa shape index (κ1) is 20.4. The maximum absolute atomic E-state index is 13.0. The van der Waals surface area contributed by atoms with E-state index in [0.29, 0.717) is 18.8 Å². The smallest absolute Gasteiger partial charge is 0.295 e. The summed E-state index contributed by atoms with van der Waals surface area (Å²) in [5, 5.41) is 13.1. The van der Waals surface area contributed by atoms with Gasteiger partial charge in [-0.1, -0.05) is 0 Å². The lowest BCUT2D eigenvalue weighted by Gasteiger charge is -2.28. The molecule has 2 aromatic rings. The van der Waals surface area contributed by atoms with E-state index in [1.54, 1.807) is 25.3 Å². The standard InChI is InChI=1S/C22H24N2O5S/c1-13-6-11-30-21(13)18-17(20(26)22(27)24(18)8-9-28-3)19(25)14-4-5-16-15(12-14)23(2)7-10-29-16/h4-6,11-12,18,25H,7-10H2,1-3H3/b19-17-. The molecule has 2 aliphatic heterocycles. The van der Waals surface area contributed by atoms with Crippen LogP contribution in [0.1, 0.15) is 22.0 Å². The van der Waals surface area contributed by atoms with Crippen LogP contribution in [0.15, 0.2) is 35.2 Å². The third-order valence-corrected chi connectivity index (χ3v) is 6.63. The average molecular weight is 429 g/mol. The van der Waals surface area contributed by atoms with Gasteiger partial charge < -0.3 is 24.4 Å². The van der Waals surface area contributed by atoms with Crippen molar-refractivity contribution in [2.24, 2.45) is 0 Å².